The van der Waals surface area contributed by atoms with Gasteiger partial charge in [-0.25, -0.2) is 14.1 Å². The van der Waals surface area contributed by atoms with Crippen molar-refractivity contribution in [3.05, 3.63) is 58.1 Å². The van der Waals surface area contributed by atoms with Gasteiger partial charge >= 0.3 is 6.03 Å². The number of nitrogens with zero attached hydrogens (tertiary/aromatic N) is 2. The molecule has 0 heterocycles. The van der Waals surface area contributed by atoms with Gasteiger partial charge in [0.2, 0.25) is 5.91 Å². The van der Waals surface area contributed by atoms with Gasteiger partial charge in [-0.05, 0) is 73.1 Å². The minimum absolute atomic E-state index is 0.0497. The van der Waals surface area contributed by atoms with E-state index in [-0.39, 0.29) is 10.8 Å². The first kappa shape index (κ1) is 22.0. The van der Waals surface area contributed by atoms with Gasteiger partial charge in [-0.3, -0.25) is 4.79 Å². The zero-order chi connectivity index (χ0) is 22.1. The molecule has 0 aromatic heterocycles. The van der Waals surface area contributed by atoms with E-state index >= 15 is 0 Å². The SMILES string of the molecule is CC(=O)N(C)Cc1ccc(S(N)(=O)=NC(=O)Nc2c(C)c(C)cc3c2CCC3)cc1. The van der Waals surface area contributed by atoms with Crippen LogP contribution in [0.15, 0.2) is 39.6 Å². The van der Waals surface area contributed by atoms with Crippen molar-refractivity contribution >= 4 is 27.5 Å². The normalized spacial score (nSPS) is 14.6. The van der Waals surface area contributed by atoms with Gasteiger partial charge in [-0.1, -0.05) is 18.2 Å². The lowest BCUT2D eigenvalue weighted by Crippen LogP contribution is -2.23. The smallest absolute Gasteiger partial charge is 0.342 e. The maximum atomic E-state index is 12.9. The Morgan fingerprint density at radius 3 is 2.50 bits per heavy atom. The largest absolute Gasteiger partial charge is 0.354 e. The predicted octanol–water partition coefficient (Wildman–Crippen LogP) is 3.70. The summed E-state index contributed by atoms with van der Waals surface area (Å²) in [6.07, 6.45) is 2.95. The van der Waals surface area contributed by atoms with Gasteiger partial charge in [0.05, 0.1) is 4.90 Å². The molecule has 2 aromatic carbocycles. The lowest BCUT2D eigenvalue weighted by molar-refractivity contribution is -0.128. The summed E-state index contributed by atoms with van der Waals surface area (Å²) in [7, 11) is -1.70. The molecule has 1 aliphatic rings. The first-order valence-corrected chi connectivity index (χ1v) is 11.4. The summed E-state index contributed by atoms with van der Waals surface area (Å²) in [6.45, 7) is 5.89. The highest BCUT2D eigenvalue weighted by molar-refractivity contribution is 7.91. The second-order valence-electron chi connectivity index (χ2n) is 7.79. The topological polar surface area (TPSA) is 105 Å². The molecular weight excluding hydrogens is 400 g/mol. The average molecular weight is 429 g/mol. The Morgan fingerprint density at radius 2 is 1.87 bits per heavy atom. The monoisotopic (exact) mass is 428 g/mol. The van der Waals surface area contributed by atoms with Gasteiger partial charge in [0.25, 0.3) is 0 Å². The Morgan fingerprint density at radius 1 is 1.20 bits per heavy atom. The third kappa shape index (κ3) is 4.71. The molecule has 160 valence electrons. The number of aryl methyl sites for hydroxylation is 2. The van der Waals surface area contributed by atoms with Crippen molar-refractivity contribution in [3.63, 3.8) is 0 Å². The molecule has 3 rings (SSSR count). The van der Waals surface area contributed by atoms with Crippen molar-refractivity contribution in [2.24, 2.45) is 9.50 Å². The molecule has 0 aliphatic heterocycles. The molecule has 8 heteroatoms. The highest BCUT2D eigenvalue weighted by Gasteiger charge is 2.20. The minimum atomic E-state index is -3.40. The van der Waals surface area contributed by atoms with Gasteiger partial charge in [0.15, 0.2) is 0 Å². The summed E-state index contributed by atoms with van der Waals surface area (Å²) < 4.78 is 16.7. The molecule has 0 spiro atoms. The first-order valence-electron chi connectivity index (χ1n) is 9.87. The van der Waals surface area contributed by atoms with Crippen LogP contribution in [0.2, 0.25) is 0 Å². The van der Waals surface area contributed by atoms with E-state index in [0.29, 0.717) is 6.54 Å². The standard InChI is InChI=1S/C22H28N4O3S/c1-14-12-18-6-5-7-20(18)21(15(14)2)24-22(28)25-30(23,29)19-10-8-17(9-11-19)13-26(4)16(3)27/h8-12H,5-7,13H2,1-4H3,(H3,23,24,25,28,29). The molecule has 0 radical (unpaired) electrons. The van der Waals surface area contributed by atoms with Crippen LogP contribution in [0.25, 0.3) is 0 Å². The third-order valence-electron chi connectivity index (χ3n) is 5.59. The minimum Gasteiger partial charge on any atom is -0.342 e. The van der Waals surface area contributed by atoms with Crippen molar-refractivity contribution in [1.82, 2.24) is 4.90 Å². The van der Waals surface area contributed by atoms with Crippen LogP contribution < -0.4 is 10.5 Å². The maximum absolute atomic E-state index is 12.9. The second-order valence-corrected chi connectivity index (χ2v) is 9.59. The Bertz CT molecular complexity index is 1120. The number of fused-ring (bicyclic) bond motifs is 1. The molecule has 3 amide bonds. The number of carbonyl (C=O) groups excluding carboxylic acids is 2. The Hall–Kier alpha value is -2.71. The van der Waals surface area contributed by atoms with Crippen LogP contribution in [0.5, 0.6) is 0 Å². The fourth-order valence-electron chi connectivity index (χ4n) is 3.65. The van der Waals surface area contributed by atoms with Gasteiger partial charge in [-0.2, -0.15) is 0 Å². The number of hydrogen-bond acceptors (Lipinski definition) is 3. The second kappa shape index (κ2) is 8.57. The van der Waals surface area contributed by atoms with Gasteiger partial charge in [0, 0.05) is 26.2 Å². The molecule has 0 fully saturated rings. The van der Waals surface area contributed by atoms with Crippen LogP contribution in [-0.4, -0.2) is 28.1 Å². The zero-order valence-electron chi connectivity index (χ0n) is 17.8. The molecule has 0 saturated heterocycles. The number of anilines is 1. The molecule has 1 unspecified atom stereocenters. The number of rotatable bonds is 4. The molecule has 3 N–H and O–H groups in total. The van der Waals surface area contributed by atoms with E-state index in [9.17, 15) is 13.8 Å². The van der Waals surface area contributed by atoms with Crippen LogP contribution in [-0.2, 0) is 34.1 Å². The van der Waals surface area contributed by atoms with E-state index in [1.165, 1.54) is 12.5 Å². The lowest BCUT2D eigenvalue weighted by atomic mass is 9.99. The fourth-order valence-corrected chi connectivity index (χ4v) is 4.58. The highest BCUT2D eigenvalue weighted by atomic mass is 32.2. The molecule has 1 atom stereocenters. The molecule has 0 bridgehead atoms. The quantitative estimate of drug-likeness (QED) is 0.775. The van der Waals surface area contributed by atoms with Crippen LogP contribution >= 0.6 is 0 Å². The summed E-state index contributed by atoms with van der Waals surface area (Å²) in [5.74, 6) is -0.0497. The first-order chi connectivity index (χ1) is 14.1. The van der Waals surface area contributed by atoms with E-state index in [1.54, 1.807) is 36.2 Å². The molecule has 1 aliphatic carbocycles. The van der Waals surface area contributed by atoms with E-state index in [2.05, 4.69) is 15.7 Å². The summed E-state index contributed by atoms with van der Waals surface area (Å²) in [5, 5.41) is 8.73. The number of benzene rings is 2. The van der Waals surface area contributed by atoms with Crippen molar-refractivity contribution in [1.29, 1.82) is 0 Å². The number of carbonyl (C=O) groups is 2. The Labute approximate surface area is 178 Å². The summed E-state index contributed by atoms with van der Waals surface area (Å²) >= 11 is 0. The summed E-state index contributed by atoms with van der Waals surface area (Å²) in [5.41, 5.74) is 6.08. The molecule has 2 aromatic rings. The Balaban J connectivity index is 1.82. The Kier molecular flexibility index (Phi) is 6.28. The van der Waals surface area contributed by atoms with E-state index in [4.69, 9.17) is 5.14 Å². The number of urea groups is 1. The summed E-state index contributed by atoms with van der Waals surface area (Å²) in [4.78, 5) is 25.8. The van der Waals surface area contributed by atoms with Crippen molar-refractivity contribution in [2.45, 2.75) is 51.5 Å². The van der Waals surface area contributed by atoms with E-state index in [0.717, 1.165) is 47.2 Å². The zero-order valence-corrected chi connectivity index (χ0v) is 18.6. The number of hydrogen-bond donors (Lipinski definition) is 2. The maximum Gasteiger partial charge on any atom is 0.354 e. The van der Waals surface area contributed by atoms with Crippen LogP contribution in [0.1, 0.15) is 41.2 Å². The van der Waals surface area contributed by atoms with Crippen molar-refractivity contribution in [3.8, 4) is 0 Å². The van der Waals surface area contributed by atoms with Crippen molar-refractivity contribution in [2.75, 3.05) is 12.4 Å². The van der Waals surface area contributed by atoms with Crippen molar-refractivity contribution < 1.29 is 13.8 Å². The third-order valence-corrected chi connectivity index (χ3v) is 6.97. The lowest BCUT2D eigenvalue weighted by Gasteiger charge is -2.16. The fraction of sp³-hybridized carbons (Fsp3) is 0.364. The molecule has 30 heavy (non-hydrogen) atoms. The highest BCUT2D eigenvalue weighted by Crippen LogP contribution is 2.34. The van der Waals surface area contributed by atoms with Crippen LogP contribution in [0, 0.1) is 13.8 Å². The van der Waals surface area contributed by atoms with E-state index < -0.39 is 15.9 Å². The molecule has 0 saturated carbocycles. The van der Waals surface area contributed by atoms with Gasteiger partial charge < -0.3 is 10.2 Å². The molecule has 7 nitrogen and oxygen atoms in total. The van der Waals surface area contributed by atoms with Gasteiger partial charge in [-0.15, -0.1) is 4.36 Å². The summed E-state index contributed by atoms with van der Waals surface area (Å²) in [6, 6.07) is 8.07. The number of nitrogens with one attached hydrogen (secondary N) is 1. The average Bonchev–Trinajstić information content (AvgIpc) is 3.13. The van der Waals surface area contributed by atoms with Gasteiger partial charge in [0.1, 0.15) is 9.92 Å². The molecular formula is C22H28N4O3S. The van der Waals surface area contributed by atoms with Crippen LogP contribution in [0.3, 0.4) is 0 Å². The number of nitrogens with two attached hydrogens (primary N) is 1. The predicted molar refractivity (Wildman–Crippen MR) is 119 cm³/mol. The van der Waals surface area contributed by atoms with Crippen LogP contribution in [0.4, 0.5) is 10.5 Å². The van der Waals surface area contributed by atoms with E-state index in [1.807, 2.05) is 13.8 Å². The number of amides is 3.